The van der Waals surface area contributed by atoms with Gasteiger partial charge in [-0.05, 0) is 32.4 Å². The van der Waals surface area contributed by atoms with Gasteiger partial charge in [-0.25, -0.2) is 0 Å². The zero-order valence-electron chi connectivity index (χ0n) is 9.75. The molecular weight excluding hydrogens is 208 g/mol. The first kappa shape index (κ1) is 13.0. The minimum atomic E-state index is -0.259. The molecule has 0 aromatic rings. The first-order valence-corrected chi connectivity index (χ1v) is 5.85. The molecule has 1 aliphatic rings. The van der Waals surface area contributed by atoms with Crippen molar-refractivity contribution in [3.05, 3.63) is 0 Å². The van der Waals surface area contributed by atoms with Crippen LogP contribution in [-0.4, -0.2) is 38.1 Å². The first-order chi connectivity index (χ1) is 7.72. The normalized spacial score (nSPS) is 19.4. The van der Waals surface area contributed by atoms with Gasteiger partial charge in [-0.3, -0.25) is 9.59 Å². The first-order valence-electron chi connectivity index (χ1n) is 5.85. The van der Waals surface area contributed by atoms with E-state index >= 15 is 0 Å². The van der Waals surface area contributed by atoms with Gasteiger partial charge >= 0.3 is 5.97 Å². The van der Waals surface area contributed by atoms with Crippen molar-refractivity contribution >= 4 is 11.9 Å². The summed E-state index contributed by atoms with van der Waals surface area (Å²) in [6.07, 6.45) is 1.86. The standard InChI is InChI=1S/C11H20N2O3/c1-2-16-11(15)4-6-13-10(14)7-9-3-5-12-8-9/h9,12H,2-8H2,1H3,(H,13,14). The second-order valence-electron chi connectivity index (χ2n) is 3.97. The SMILES string of the molecule is CCOC(=O)CCNC(=O)CC1CCNC1. The van der Waals surface area contributed by atoms with Gasteiger partial charge in [0.2, 0.25) is 5.91 Å². The third-order valence-corrected chi connectivity index (χ3v) is 2.59. The molecule has 1 aliphatic heterocycles. The summed E-state index contributed by atoms with van der Waals surface area (Å²) < 4.78 is 4.76. The van der Waals surface area contributed by atoms with Crippen molar-refractivity contribution in [3.8, 4) is 0 Å². The van der Waals surface area contributed by atoms with Crippen molar-refractivity contribution in [1.82, 2.24) is 10.6 Å². The van der Waals surface area contributed by atoms with E-state index in [2.05, 4.69) is 10.6 Å². The summed E-state index contributed by atoms with van der Waals surface area (Å²) >= 11 is 0. The Bertz CT molecular complexity index is 237. The minimum absolute atomic E-state index is 0.0259. The Morgan fingerprint density at radius 1 is 1.50 bits per heavy atom. The van der Waals surface area contributed by atoms with Gasteiger partial charge < -0.3 is 15.4 Å². The molecule has 0 aliphatic carbocycles. The second-order valence-corrected chi connectivity index (χ2v) is 3.97. The van der Waals surface area contributed by atoms with E-state index < -0.39 is 0 Å². The van der Waals surface area contributed by atoms with E-state index in [0.29, 0.717) is 25.5 Å². The number of hydrogen-bond acceptors (Lipinski definition) is 4. The van der Waals surface area contributed by atoms with Crippen molar-refractivity contribution in [2.45, 2.75) is 26.2 Å². The van der Waals surface area contributed by atoms with Crippen LogP contribution in [-0.2, 0) is 14.3 Å². The van der Waals surface area contributed by atoms with E-state index in [4.69, 9.17) is 4.74 Å². The highest BCUT2D eigenvalue weighted by molar-refractivity contribution is 5.77. The predicted octanol–water partition coefficient (Wildman–Crippen LogP) is 0.0554. The molecule has 1 heterocycles. The molecule has 1 unspecified atom stereocenters. The van der Waals surface area contributed by atoms with E-state index in [1.165, 1.54) is 0 Å². The lowest BCUT2D eigenvalue weighted by Gasteiger charge is -2.08. The fourth-order valence-electron chi connectivity index (χ4n) is 1.76. The molecule has 5 heteroatoms. The van der Waals surface area contributed by atoms with Gasteiger partial charge in [-0.2, -0.15) is 0 Å². The molecule has 0 aromatic carbocycles. The van der Waals surface area contributed by atoms with E-state index in [0.717, 1.165) is 19.5 Å². The monoisotopic (exact) mass is 228 g/mol. The fraction of sp³-hybridized carbons (Fsp3) is 0.818. The molecule has 5 nitrogen and oxygen atoms in total. The highest BCUT2D eigenvalue weighted by atomic mass is 16.5. The zero-order valence-corrected chi connectivity index (χ0v) is 9.75. The molecule has 1 saturated heterocycles. The third-order valence-electron chi connectivity index (χ3n) is 2.59. The second kappa shape index (κ2) is 7.22. The van der Waals surface area contributed by atoms with Crippen LogP contribution >= 0.6 is 0 Å². The Morgan fingerprint density at radius 3 is 2.94 bits per heavy atom. The van der Waals surface area contributed by atoms with E-state index in [1.54, 1.807) is 6.92 Å². The summed E-state index contributed by atoms with van der Waals surface area (Å²) in [6, 6.07) is 0. The third kappa shape index (κ3) is 5.11. The molecule has 92 valence electrons. The lowest BCUT2D eigenvalue weighted by Crippen LogP contribution is -2.28. The number of carbonyl (C=O) groups excluding carboxylic acids is 2. The lowest BCUT2D eigenvalue weighted by molar-refractivity contribution is -0.143. The average molecular weight is 228 g/mol. The molecular formula is C11H20N2O3. The van der Waals surface area contributed by atoms with E-state index in [1.807, 2.05) is 0 Å². The molecule has 0 aromatic heterocycles. The topological polar surface area (TPSA) is 67.4 Å². The van der Waals surface area contributed by atoms with Crippen LogP contribution in [0.25, 0.3) is 0 Å². The maximum absolute atomic E-state index is 11.4. The van der Waals surface area contributed by atoms with Crippen molar-refractivity contribution in [1.29, 1.82) is 0 Å². The molecule has 1 rings (SSSR count). The van der Waals surface area contributed by atoms with Gasteiger partial charge in [-0.15, -0.1) is 0 Å². The van der Waals surface area contributed by atoms with Crippen molar-refractivity contribution in [2.75, 3.05) is 26.2 Å². The van der Waals surface area contributed by atoms with E-state index in [-0.39, 0.29) is 18.3 Å². The Labute approximate surface area is 95.9 Å². The zero-order chi connectivity index (χ0) is 11.8. The largest absolute Gasteiger partial charge is 0.466 e. The maximum Gasteiger partial charge on any atom is 0.307 e. The molecule has 0 saturated carbocycles. The number of hydrogen-bond donors (Lipinski definition) is 2. The summed E-state index contributed by atoms with van der Waals surface area (Å²) in [5.74, 6) is 0.214. The number of rotatable bonds is 6. The Kier molecular flexibility index (Phi) is 5.85. The summed E-state index contributed by atoms with van der Waals surface area (Å²) in [4.78, 5) is 22.4. The number of nitrogens with one attached hydrogen (secondary N) is 2. The Hall–Kier alpha value is -1.10. The molecule has 1 fully saturated rings. The quantitative estimate of drug-likeness (QED) is 0.631. The van der Waals surface area contributed by atoms with Crippen molar-refractivity contribution in [3.63, 3.8) is 0 Å². The molecule has 1 atom stereocenters. The van der Waals surface area contributed by atoms with Gasteiger partial charge in [0.05, 0.1) is 13.0 Å². The van der Waals surface area contributed by atoms with Crippen LogP contribution in [0.3, 0.4) is 0 Å². The molecule has 2 N–H and O–H groups in total. The van der Waals surface area contributed by atoms with Crippen LogP contribution in [0.4, 0.5) is 0 Å². The lowest BCUT2D eigenvalue weighted by atomic mass is 10.0. The number of esters is 1. The highest BCUT2D eigenvalue weighted by Crippen LogP contribution is 2.11. The summed E-state index contributed by atoms with van der Waals surface area (Å²) in [5.41, 5.74) is 0. The smallest absolute Gasteiger partial charge is 0.307 e. The summed E-state index contributed by atoms with van der Waals surface area (Å²) in [7, 11) is 0. The molecule has 0 radical (unpaired) electrons. The number of ether oxygens (including phenoxy) is 1. The van der Waals surface area contributed by atoms with Crippen LogP contribution in [0.15, 0.2) is 0 Å². The summed E-state index contributed by atoms with van der Waals surface area (Å²) in [6.45, 7) is 4.45. The van der Waals surface area contributed by atoms with Gasteiger partial charge in [0.15, 0.2) is 0 Å². The number of carbonyl (C=O) groups is 2. The molecule has 16 heavy (non-hydrogen) atoms. The Morgan fingerprint density at radius 2 is 2.31 bits per heavy atom. The van der Waals surface area contributed by atoms with Crippen LogP contribution < -0.4 is 10.6 Å². The van der Waals surface area contributed by atoms with Crippen molar-refractivity contribution < 1.29 is 14.3 Å². The number of amides is 1. The van der Waals surface area contributed by atoms with Gasteiger partial charge in [0.1, 0.15) is 0 Å². The van der Waals surface area contributed by atoms with Crippen LogP contribution in [0.5, 0.6) is 0 Å². The minimum Gasteiger partial charge on any atom is -0.466 e. The molecule has 1 amide bonds. The van der Waals surface area contributed by atoms with Gasteiger partial charge in [0.25, 0.3) is 0 Å². The predicted molar refractivity (Wildman–Crippen MR) is 59.9 cm³/mol. The summed E-state index contributed by atoms with van der Waals surface area (Å²) in [5, 5.41) is 5.95. The highest BCUT2D eigenvalue weighted by Gasteiger charge is 2.17. The molecule has 0 bridgehead atoms. The fourth-order valence-corrected chi connectivity index (χ4v) is 1.76. The average Bonchev–Trinajstić information content (AvgIpc) is 2.70. The van der Waals surface area contributed by atoms with Gasteiger partial charge in [0, 0.05) is 13.0 Å². The van der Waals surface area contributed by atoms with Crippen LogP contribution in [0, 0.1) is 5.92 Å². The molecule has 0 spiro atoms. The van der Waals surface area contributed by atoms with E-state index in [9.17, 15) is 9.59 Å². The van der Waals surface area contributed by atoms with Crippen LogP contribution in [0.2, 0.25) is 0 Å². The van der Waals surface area contributed by atoms with Crippen LogP contribution in [0.1, 0.15) is 26.2 Å². The van der Waals surface area contributed by atoms with Crippen molar-refractivity contribution in [2.24, 2.45) is 5.92 Å². The van der Waals surface area contributed by atoms with Gasteiger partial charge in [-0.1, -0.05) is 0 Å². The Balaban J connectivity index is 2.03. The maximum atomic E-state index is 11.4.